The number of hydrogen-bond donors (Lipinski definition) is 1. The van der Waals surface area contributed by atoms with Crippen molar-refractivity contribution in [3.63, 3.8) is 0 Å². The van der Waals surface area contributed by atoms with Crippen molar-refractivity contribution in [3.8, 4) is 0 Å². The van der Waals surface area contributed by atoms with Crippen molar-refractivity contribution >= 4 is 17.8 Å². The largest absolute Gasteiger partial charge is 0.340 e. The molecular weight excluding hydrogens is 306 g/mol. The summed E-state index contributed by atoms with van der Waals surface area (Å²) in [6, 6.07) is 2.28. The Kier molecular flexibility index (Phi) is 5.06. The summed E-state index contributed by atoms with van der Waals surface area (Å²) >= 11 is 0. The van der Waals surface area contributed by atoms with Gasteiger partial charge in [-0.1, -0.05) is 0 Å². The van der Waals surface area contributed by atoms with Crippen molar-refractivity contribution in [1.82, 2.24) is 19.6 Å². The molecule has 0 radical (unpaired) electrons. The van der Waals surface area contributed by atoms with Gasteiger partial charge in [0.15, 0.2) is 5.82 Å². The number of hydrogen-bond acceptors (Lipinski definition) is 3. The minimum atomic E-state index is -0.104. The van der Waals surface area contributed by atoms with Crippen molar-refractivity contribution in [3.05, 3.63) is 12.3 Å². The third-order valence-corrected chi connectivity index (χ3v) is 4.92. The fourth-order valence-corrected chi connectivity index (χ4v) is 3.47. The van der Waals surface area contributed by atoms with E-state index in [1.807, 2.05) is 40.6 Å². The highest BCUT2D eigenvalue weighted by molar-refractivity contribution is 5.88. The Balaban J connectivity index is 1.50. The van der Waals surface area contributed by atoms with Gasteiger partial charge < -0.3 is 9.80 Å². The summed E-state index contributed by atoms with van der Waals surface area (Å²) in [5.74, 6) is 0.866. The van der Waals surface area contributed by atoms with Crippen LogP contribution in [-0.4, -0.2) is 57.2 Å². The molecule has 24 heavy (non-hydrogen) atoms. The monoisotopic (exact) mass is 333 g/mol. The summed E-state index contributed by atoms with van der Waals surface area (Å²) in [6.45, 7) is 6.34. The molecule has 1 N–H and O–H groups in total. The van der Waals surface area contributed by atoms with Crippen LogP contribution in [0.15, 0.2) is 12.3 Å². The average molecular weight is 333 g/mol. The lowest BCUT2D eigenvalue weighted by Gasteiger charge is -2.40. The number of nitrogens with one attached hydrogen (secondary N) is 1. The first-order valence-corrected chi connectivity index (χ1v) is 8.95. The molecular formula is C17H27N5O2. The van der Waals surface area contributed by atoms with Crippen molar-refractivity contribution in [2.45, 2.75) is 58.0 Å². The lowest BCUT2D eigenvalue weighted by molar-refractivity contribution is -0.136. The molecule has 2 saturated heterocycles. The van der Waals surface area contributed by atoms with Crippen LogP contribution < -0.4 is 5.32 Å². The van der Waals surface area contributed by atoms with Gasteiger partial charge in [0.05, 0.1) is 0 Å². The third kappa shape index (κ3) is 3.71. The Morgan fingerprint density at radius 3 is 2.62 bits per heavy atom. The van der Waals surface area contributed by atoms with Crippen LogP contribution in [0, 0.1) is 0 Å². The number of piperidine rings is 2. The summed E-state index contributed by atoms with van der Waals surface area (Å²) < 4.78 is 1.82. The Labute approximate surface area is 143 Å². The summed E-state index contributed by atoms with van der Waals surface area (Å²) in [5.41, 5.74) is 0. The Morgan fingerprint density at radius 1 is 1.25 bits per heavy atom. The van der Waals surface area contributed by atoms with Crippen LogP contribution in [0.1, 0.15) is 52.0 Å². The first-order chi connectivity index (χ1) is 11.5. The quantitative estimate of drug-likeness (QED) is 0.924. The van der Waals surface area contributed by atoms with Gasteiger partial charge in [0, 0.05) is 50.4 Å². The summed E-state index contributed by atoms with van der Waals surface area (Å²) in [6.07, 6.45) is 6.39. The van der Waals surface area contributed by atoms with E-state index in [0.29, 0.717) is 31.4 Å². The van der Waals surface area contributed by atoms with Crippen LogP contribution in [-0.2, 0) is 4.79 Å². The normalized spacial score (nSPS) is 19.9. The zero-order valence-electron chi connectivity index (χ0n) is 14.6. The van der Waals surface area contributed by atoms with Crippen LogP contribution in [0.25, 0.3) is 0 Å². The van der Waals surface area contributed by atoms with E-state index >= 15 is 0 Å². The fourth-order valence-electron chi connectivity index (χ4n) is 3.47. The molecule has 3 rings (SSSR count). The van der Waals surface area contributed by atoms with Gasteiger partial charge in [-0.05, 0) is 39.5 Å². The van der Waals surface area contributed by atoms with E-state index in [-0.39, 0.29) is 18.0 Å². The lowest BCUT2D eigenvalue weighted by atomic mass is 10.00. The number of carbonyl (C=O) groups is 2. The molecule has 3 heterocycles. The predicted molar refractivity (Wildman–Crippen MR) is 91.8 cm³/mol. The van der Waals surface area contributed by atoms with Crippen LogP contribution in [0.2, 0.25) is 0 Å². The van der Waals surface area contributed by atoms with E-state index in [9.17, 15) is 9.59 Å². The number of carbonyl (C=O) groups excluding carboxylic acids is 2. The molecule has 0 aromatic carbocycles. The van der Waals surface area contributed by atoms with Crippen molar-refractivity contribution in [1.29, 1.82) is 0 Å². The third-order valence-electron chi connectivity index (χ3n) is 4.92. The number of urea groups is 1. The number of likely N-dealkylation sites (tertiary alicyclic amines) is 2. The Bertz CT molecular complexity index is 590. The molecule has 7 heteroatoms. The lowest BCUT2D eigenvalue weighted by Crippen LogP contribution is -2.50. The SMILES string of the molecule is CC(C)n1ccc(NC(=O)N2CCC(N3CCCCC3=O)CC2)n1. The molecule has 0 bridgehead atoms. The number of rotatable bonds is 3. The van der Waals surface area contributed by atoms with Gasteiger partial charge in [0.25, 0.3) is 0 Å². The van der Waals surface area contributed by atoms with E-state index in [2.05, 4.69) is 10.4 Å². The van der Waals surface area contributed by atoms with Crippen molar-refractivity contribution < 1.29 is 9.59 Å². The van der Waals surface area contributed by atoms with Gasteiger partial charge in [-0.2, -0.15) is 5.10 Å². The van der Waals surface area contributed by atoms with Gasteiger partial charge in [-0.25, -0.2) is 4.79 Å². The Hall–Kier alpha value is -2.05. The number of amides is 3. The zero-order valence-corrected chi connectivity index (χ0v) is 14.6. The highest BCUT2D eigenvalue weighted by Gasteiger charge is 2.30. The number of anilines is 1. The van der Waals surface area contributed by atoms with E-state index in [0.717, 1.165) is 32.2 Å². The van der Waals surface area contributed by atoms with E-state index in [4.69, 9.17) is 0 Å². The van der Waals surface area contributed by atoms with E-state index < -0.39 is 0 Å². The van der Waals surface area contributed by atoms with Gasteiger partial charge in [0.1, 0.15) is 0 Å². The summed E-state index contributed by atoms with van der Waals surface area (Å²) in [7, 11) is 0. The molecule has 132 valence electrons. The second-order valence-electron chi connectivity index (χ2n) is 6.97. The molecule has 2 fully saturated rings. The molecule has 7 nitrogen and oxygen atoms in total. The first kappa shape index (κ1) is 16.8. The second kappa shape index (κ2) is 7.23. The van der Waals surface area contributed by atoms with Crippen molar-refractivity contribution in [2.75, 3.05) is 25.0 Å². The van der Waals surface area contributed by atoms with Crippen LogP contribution >= 0.6 is 0 Å². The maximum atomic E-state index is 12.4. The topological polar surface area (TPSA) is 70.5 Å². The molecule has 1 aromatic heterocycles. The number of aromatic nitrogens is 2. The molecule has 2 aliphatic rings. The second-order valence-corrected chi connectivity index (χ2v) is 6.97. The molecule has 0 saturated carbocycles. The van der Waals surface area contributed by atoms with Crippen LogP contribution in [0.5, 0.6) is 0 Å². The summed E-state index contributed by atoms with van der Waals surface area (Å²) in [5, 5.41) is 7.21. The van der Waals surface area contributed by atoms with E-state index in [1.165, 1.54) is 0 Å². The zero-order chi connectivity index (χ0) is 17.1. The fraction of sp³-hybridized carbons (Fsp3) is 0.706. The van der Waals surface area contributed by atoms with Crippen molar-refractivity contribution in [2.24, 2.45) is 0 Å². The molecule has 3 amide bonds. The van der Waals surface area contributed by atoms with E-state index in [1.54, 1.807) is 0 Å². The molecule has 0 unspecified atom stereocenters. The highest BCUT2D eigenvalue weighted by Crippen LogP contribution is 2.22. The highest BCUT2D eigenvalue weighted by atomic mass is 16.2. The standard InChI is InChI=1S/C17H27N5O2/c1-13(2)22-12-8-15(19-22)18-17(24)20-10-6-14(7-11-20)21-9-4-3-5-16(21)23/h8,12-14H,3-7,9-11H2,1-2H3,(H,18,19,24). The van der Waals surface area contributed by atoms with Gasteiger partial charge in [-0.15, -0.1) is 0 Å². The van der Waals surface area contributed by atoms with Crippen LogP contribution in [0.4, 0.5) is 10.6 Å². The molecule has 2 aliphatic heterocycles. The minimum absolute atomic E-state index is 0.104. The molecule has 0 aliphatic carbocycles. The molecule has 1 aromatic rings. The maximum Gasteiger partial charge on any atom is 0.323 e. The average Bonchev–Trinajstić information content (AvgIpc) is 3.04. The van der Waals surface area contributed by atoms with Crippen LogP contribution in [0.3, 0.4) is 0 Å². The summed E-state index contributed by atoms with van der Waals surface area (Å²) in [4.78, 5) is 28.3. The minimum Gasteiger partial charge on any atom is -0.340 e. The molecule has 0 spiro atoms. The smallest absolute Gasteiger partial charge is 0.323 e. The van der Waals surface area contributed by atoms with Gasteiger partial charge in [0.2, 0.25) is 5.91 Å². The van der Waals surface area contributed by atoms with Gasteiger partial charge in [-0.3, -0.25) is 14.8 Å². The molecule has 0 atom stereocenters. The van der Waals surface area contributed by atoms with Gasteiger partial charge >= 0.3 is 6.03 Å². The Morgan fingerprint density at radius 2 is 2.00 bits per heavy atom. The maximum absolute atomic E-state index is 12.4. The first-order valence-electron chi connectivity index (χ1n) is 8.95. The predicted octanol–water partition coefficient (Wildman–Crippen LogP) is 2.47. The number of nitrogens with zero attached hydrogens (tertiary/aromatic N) is 4.